The fourth-order valence-electron chi connectivity index (χ4n) is 2.93. The van der Waals surface area contributed by atoms with Crippen LogP contribution in [0.15, 0.2) is 34.8 Å². The van der Waals surface area contributed by atoms with Crippen molar-refractivity contribution in [1.29, 1.82) is 0 Å². The van der Waals surface area contributed by atoms with Gasteiger partial charge in [-0.15, -0.1) is 0 Å². The van der Waals surface area contributed by atoms with Gasteiger partial charge in [0.25, 0.3) is 0 Å². The van der Waals surface area contributed by atoms with Crippen molar-refractivity contribution < 1.29 is 22.3 Å². The smallest absolute Gasteiger partial charge is 0.419 e. The topological polar surface area (TPSA) is 73.1 Å². The van der Waals surface area contributed by atoms with E-state index in [9.17, 15) is 17.6 Å². The number of hydrogen-bond acceptors (Lipinski definition) is 5. The number of rotatable bonds is 6. The standard InChI is InChI=1S/C19H16BrClF4N4O/c1-9(10-3-2-4-12(19(23,24)25)16(10)30-6-5-26)27-17-11-7-13(20)14(22)8-15(11)28-18(21)29-17/h2-4,7-9H,5-6,26H2,1H3,(H,27,28,29)/t9-/m1/s1. The number of nitrogens with one attached hydrogen (secondary N) is 1. The van der Waals surface area contributed by atoms with Crippen LogP contribution in [0.4, 0.5) is 23.4 Å². The summed E-state index contributed by atoms with van der Waals surface area (Å²) in [5, 5.41) is 3.33. The number of halogens is 6. The molecule has 0 saturated carbocycles. The molecule has 1 atom stereocenters. The maximum Gasteiger partial charge on any atom is 0.419 e. The molecule has 3 aromatic rings. The first-order valence-electron chi connectivity index (χ1n) is 8.73. The van der Waals surface area contributed by atoms with Gasteiger partial charge in [0.15, 0.2) is 0 Å². The van der Waals surface area contributed by atoms with Crippen molar-refractivity contribution in [2.75, 3.05) is 18.5 Å². The monoisotopic (exact) mass is 506 g/mol. The number of para-hydroxylation sites is 1. The highest BCUT2D eigenvalue weighted by Crippen LogP contribution is 2.41. The van der Waals surface area contributed by atoms with Gasteiger partial charge in [-0.3, -0.25) is 0 Å². The molecular weight excluding hydrogens is 492 g/mol. The Kier molecular flexibility index (Phi) is 6.68. The van der Waals surface area contributed by atoms with Crippen molar-refractivity contribution in [1.82, 2.24) is 9.97 Å². The molecule has 1 heterocycles. The summed E-state index contributed by atoms with van der Waals surface area (Å²) in [5.74, 6) is -0.612. The van der Waals surface area contributed by atoms with Crippen LogP contribution in [0.25, 0.3) is 10.9 Å². The Morgan fingerprint density at radius 3 is 2.67 bits per heavy atom. The Hall–Kier alpha value is -2.17. The predicted octanol–water partition coefficient (Wildman–Crippen LogP) is 5.71. The van der Waals surface area contributed by atoms with Crippen LogP contribution < -0.4 is 15.8 Å². The highest BCUT2D eigenvalue weighted by atomic mass is 79.9. The number of fused-ring (bicyclic) bond motifs is 1. The minimum absolute atomic E-state index is 0.0547. The Morgan fingerprint density at radius 2 is 2.00 bits per heavy atom. The Morgan fingerprint density at radius 1 is 1.27 bits per heavy atom. The van der Waals surface area contributed by atoms with Crippen molar-refractivity contribution in [2.45, 2.75) is 19.1 Å². The van der Waals surface area contributed by atoms with Gasteiger partial charge in [-0.1, -0.05) is 12.1 Å². The third-order valence-corrected chi connectivity index (χ3v) is 5.02. The normalized spacial score (nSPS) is 12.8. The molecule has 0 saturated heterocycles. The Labute approximate surface area is 182 Å². The molecule has 0 bridgehead atoms. The maximum absolute atomic E-state index is 13.9. The van der Waals surface area contributed by atoms with Gasteiger partial charge < -0.3 is 15.8 Å². The van der Waals surface area contributed by atoms with Crippen molar-refractivity contribution in [3.05, 3.63) is 57.0 Å². The summed E-state index contributed by atoms with van der Waals surface area (Å²) < 4.78 is 59.8. The molecule has 2 aromatic carbocycles. The maximum atomic E-state index is 13.9. The number of nitrogens with two attached hydrogens (primary N) is 1. The molecule has 0 aliphatic carbocycles. The zero-order chi connectivity index (χ0) is 22.1. The molecular formula is C19H16BrClF4N4O. The molecule has 0 fully saturated rings. The fourth-order valence-corrected chi connectivity index (χ4v) is 3.45. The van der Waals surface area contributed by atoms with Gasteiger partial charge in [0.1, 0.15) is 24.0 Å². The first-order chi connectivity index (χ1) is 14.1. The lowest BCUT2D eigenvalue weighted by molar-refractivity contribution is -0.139. The van der Waals surface area contributed by atoms with E-state index in [4.69, 9.17) is 22.1 Å². The third-order valence-electron chi connectivity index (χ3n) is 4.25. The minimum atomic E-state index is -4.60. The summed E-state index contributed by atoms with van der Waals surface area (Å²) >= 11 is 9.05. The Bertz CT molecular complexity index is 1080. The molecule has 1 aromatic heterocycles. The second-order valence-electron chi connectivity index (χ2n) is 6.35. The molecule has 0 aliphatic rings. The van der Waals surface area contributed by atoms with Crippen LogP contribution in [0, 0.1) is 5.82 Å². The van der Waals surface area contributed by atoms with Crippen LogP contribution in [0.2, 0.25) is 5.28 Å². The fraction of sp³-hybridized carbons (Fsp3) is 0.263. The molecule has 3 N–H and O–H groups in total. The highest BCUT2D eigenvalue weighted by molar-refractivity contribution is 9.10. The van der Waals surface area contributed by atoms with E-state index in [0.29, 0.717) is 5.39 Å². The number of ether oxygens (including phenoxy) is 1. The molecule has 30 heavy (non-hydrogen) atoms. The lowest BCUT2D eigenvalue weighted by atomic mass is 10.0. The van der Waals surface area contributed by atoms with Gasteiger partial charge in [-0.05, 0) is 46.6 Å². The van der Waals surface area contributed by atoms with Gasteiger partial charge in [-0.2, -0.15) is 13.2 Å². The molecule has 160 valence electrons. The van der Waals surface area contributed by atoms with E-state index in [1.165, 1.54) is 24.3 Å². The Balaban J connectivity index is 2.06. The largest absolute Gasteiger partial charge is 0.491 e. The second kappa shape index (κ2) is 8.91. The first kappa shape index (κ1) is 22.5. The summed E-state index contributed by atoms with van der Waals surface area (Å²) in [4.78, 5) is 8.11. The lowest BCUT2D eigenvalue weighted by Crippen LogP contribution is -2.18. The average molecular weight is 508 g/mol. The van der Waals surface area contributed by atoms with E-state index in [2.05, 4.69) is 31.2 Å². The van der Waals surface area contributed by atoms with Crippen LogP contribution >= 0.6 is 27.5 Å². The minimum Gasteiger partial charge on any atom is -0.491 e. The predicted molar refractivity (Wildman–Crippen MR) is 110 cm³/mol. The van der Waals surface area contributed by atoms with Crippen molar-refractivity contribution >= 4 is 44.3 Å². The molecule has 0 radical (unpaired) electrons. The van der Waals surface area contributed by atoms with Crippen molar-refractivity contribution in [3.63, 3.8) is 0 Å². The number of benzene rings is 2. The molecule has 3 rings (SSSR count). The van der Waals surface area contributed by atoms with Gasteiger partial charge in [0, 0.05) is 23.6 Å². The summed E-state index contributed by atoms with van der Waals surface area (Å²) in [7, 11) is 0. The van der Waals surface area contributed by atoms with Crippen LogP contribution in [-0.2, 0) is 6.18 Å². The first-order valence-corrected chi connectivity index (χ1v) is 9.90. The molecule has 5 nitrogen and oxygen atoms in total. The highest BCUT2D eigenvalue weighted by Gasteiger charge is 2.36. The third kappa shape index (κ3) is 4.76. The average Bonchev–Trinajstić information content (AvgIpc) is 2.66. The van der Waals surface area contributed by atoms with Gasteiger partial charge >= 0.3 is 6.18 Å². The van der Waals surface area contributed by atoms with Gasteiger partial charge in [0.2, 0.25) is 5.28 Å². The number of nitrogens with zero attached hydrogens (tertiary/aromatic N) is 2. The van der Waals surface area contributed by atoms with Crippen molar-refractivity contribution in [2.24, 2.45) is 5.73 Å². The number of anilines is 1. The molecule has 0 spiro atoms. The van der Waals surface area contributed by atoms with Crippen LogP contribution in [0.3, 0.4) is 0 Å². The van der Waals surface area contributed by atoms with Crippen LogP contribution in [0.5, 0.6) is 5.75 Å². The SMILES string of the molecule is C[C@@H](Nc1nc(Cl)nc2cc(F)c(Br)cc12)c1cccc(C(F)(F)F)c1OCCN. The summed E-state index contributed by atoms with van der Waals surface area (Å²) in [6.45, 7) is 1.62. The molecule has 0 unspecified atom stereocenters. The van der Waals surface area contributed by atoms with Gasteiger partial charge in [-0.25, -0.2) is 14.4 Å². The zero-order valence-corrected chi connectivity index (χ0v) is 17.9. The number of hydrogen-bond donors (Lipinski definition) is 2. The van der Waals surface area contributed by atoms with Crippen LogP contribution in [0.1, 0.15) is 24.1 Å². The van der Waals surface area contributed by atoms with E-state index in [1.54, 1.807) is 6.92 Å². The van der Waals surface area contributed by atoms with E-state index >= 15 is 0 Å². The van der Waals surface area contributed by atoms with Gasteiger partial charge in [0.05, 0.1) is 21.6 Å². The molecule has 11 heteroatoms. The van der Waals surface area contributed by atoms with Crippen LogP contribution in [-0.4, -0.2) is 23.1 Å². The summed E-state index contributed by atoms with van der Waals surface area (Å²) in [6.07, 6.45) is -4.60. The summed E-state index contributed by atoms with van der Waals surface area (Å²) in [5.41, 5.74) is 4.99. The van der Waals surface area contributed by atoms with E-state index in [-0.39, 0.29) is 45.6 Å². The quantitative estimate of drug-likeness (QED) is 0.330. The molecule has 0 amide bonds. The van der Waals surface area contributed by atoms with E-state index in [1.807, 2.05) is 0 Å². The molecule has 0 aliphatic heterocycles. The van der Waals surface area contributed by atoms with E-state index in [0.717, 1.165) is 6.07 Å². The number of aromatic nitrogens is 2. The zero-order valence-electron chi connectivity index (χ0n) is 15.5. The summed E-state index contributed by atoms with van der Waals surface area (Å²) in [6, 6.07) is 5.73. The van der Waals surface area contributed by atoms with E-state index < -0.39 is 23.6 Å². The second-order valence-corrected chi connectivity index (χ2v) is 7.54. The number of alkyl halides is 3. The lowest BCUT2D eigenvalue weighted by Gasteiger charge is -2.22. The van der Waals surface area contributed by atoms with Crippen molar-refractivity contribution in [3.8, 4) is 5.75 Å².